The molecule has 1 amide bonds. The Hall–Kier alpha value is -3.19. The second-order valence-electron chi connectivity index (χ2n) is 8.24. The van der Waals surface area contributed by atoms with Gasteiger partial charge in [0.2, 0.25) is 5.91 Å². The highest BCUT2D eigenvalue weighted by atomic mass is 19.1. The van der Waals surface area contributed by atoms with E-state index in [4.69, 9.17) is 4.74 Å². The monoisotopic (exact) mass is 440 g/mol. The Morgan fingerprint density at radius 2 is 1.97 bits per heavy atom. The average molecular weight is 441 g/mol. The summed E-state index contributed by atoms with van der Waals surface area (Å²) >= 11 is 0. The van der Waals surface area contributed by atoms with E-state index in [2.05, 4.69) is 11.5 Å². The maximum Gasteiger partial charge on any atom is 0.335 e. The zero-order valence-electron chi connectivity index (χ0n) is 18.7. The van der Waals surface area contributed by atoms with Crippen LogP contribution in [0.5, 0.6) is 5.75 Å². The summed E-state index contributed by atoms with van der Waals surface area (Å²) in [5, 5.41) is 9.27. The van der Waals surface area contributed by atoms with Crippen molar-refractivity contribution in [2.75, 3.05) is 26.2 Å². The summed E-state index contributed by atoms with van der Waals surface area (Å²) in [5.41, 5.74) is 2.06. The van der Waals surface area contributed by atoms with Gasteiger partial charge in [0.05, 0.1) is 5.56 Å². The van der Waals surface area contributed by atoms with Crippen molar-refractivity contribution in [3.8, 4) is 5.75 Å². The lowest BCUT2D eigenvalue weighted by Gasteiger charge is -2.40. The number of carboxylic acids is 1. The first-order chi connectivity index (χ1) is 15.2. The number of piperazine rings is 1. The molecule has 0 unspecified atom stereocenters. The Morgan fingerprint density at radius 3 is 2.56 bits per heavy atom. The SMILES string of the molecule is C=CC(=O)N1CCN(C[C@@H](Oc2ccc(C(=O)O)c(C)c2)c2ccc(C)c(F)c2)C[C@H]1C. The quantitative estimate of drug-likeness (QED) is 0.660. The lowest BCUT2D eigenvalue weighted by Crippen LogP contribution is -2.54. The third-order valence-corrected chi connectivity index (χ3v) is 5.87. The van der Waals surface area contributed by atoms with E-state index < -0.39 is 12.1 Å². The van der Waals surface area contributed by atoms with Crippen LogP contribution in [-0.2, 0) is 4.79 Å². The molecule has 1 fully saturated rings. The molecular weight excluding hydrogens is 411 g/mol. The van der Waals surface area contributed by atoms with Crippen molar-refractivity contribution in [1.82, 2.24) is 9.80 Å². The minimum absolute atomic E-state index is 0.0155. The number of halogens is 1. The van der Waals surface area contributed by atoms with Crippen LogP contribution in [0.25, 0.3) is 0 Å². The van der Waals surface area contributed by atoms with Gasteiger partial charge in [0, 0.05) is 32.2 Å². The van der Waals surface area contributed by atoms with Crippen molar-refractivity contribution in [3.05, 3.63) is 77.1 Å². The van der Waals surface area contributed by atoms with Crippen molar-refractivity contribution in [2.24, 2.45) is 0 Å². The molecule has 0 bridgehead atoms. The first kappa shape index (κ1) is 23.5. The van der Waals surface area contributed by atoms with Gasteiger partial charge in [-0.1, -0.05) is 18.7 Å². The van der Waals surface area contributed by atoms with Gasteiger partial charge in [-0.15, -0.1) is 0 Å². The van der Waals surface area contributed by atoms with Crippen molar-refractivity contribution in [2.45, 2.75) is 32.9 Å². The van der Waals surface area contributed by atoms with Crippen LogP contribution in [0.15, 0.2) is 49.1 Å². The van der Waals surface area contributed by atoms with Crippen LogP contribution in [0.4, 0.5) is 4.39 Å². The van der Waals surface area contributed by atoms with E-state index in [1.165, 1.54) is 18.2 Å². The summed E-state index contributed by atoms with van der Waals surface area (Å²) in [6.45, 7) is 11.4. The van der Waals surface area contributed by atoms with E-state index in [-0.39, 0.29) is 23.3 Å². The molecule has 1 aliphatic heterocycles. The minimum Gasteiger partial charge on any atom is -0.484 e. The van der Waals surface area contributed by atoms with E-state index in [1.54, 1.807) is 36.9 Å². The van der Waals surface area contributed by atoms with Gasteiger partial charge in [0.15, 0.2) is 0 Å². The van der Waals surface area contributed by atoms with E-state index in [9.17, 15) is 19.1 Å². The van der Waals surface area contributed by atoms with Gasteiger partial charge in [-0.25, -0.2) is 9.18 Å². The molecule has 1 aliphatic rings. The number of rotatable bonds is 7. The molecule has 0 spiro atoms. The van der Waals surface area contributed by atoms with Crippen LogP contribution in [0, 0.1) is 19.7 Å². The topological polar surface area (TPSA) is 70.1 Å². The summed E-state index contributed by atoms with van der Waals surface area (Å²) in [6.07, 6.45) is 0.866. The normalized spacial score (nSPS) is 17.6. The fraction of sp³-hybridized carbons (Fsp3) is 0.360. The third kappa shape index (κ3) is 5.34. The number of aromatic carboxylic acids is 1. The molecule has 170 valence electrons. The van der Waals surface area contributed by atoms with Gasteiger partial charge < -0.3 is 14.7 Å². The standard InChI is InChI=1S/C25H29FN2O4/c1-5-24(29)28-11-10-27(14-18(28)4)15-23(19-7-6-16(2)22(26)13-19)32-20-8-9-21(25(30)31)17(3)12-20/h5-9,12-13,18,23H,1,10-11,14-15H2,2-4H3,(H,30,31)/t18-,23-/m1/s1. The first-order valence-electron chi connectivity index (χ1n) is 10.6. The zero-order chi connectivity index (χ0) is 23.4. The highest BCUT2D eigenvalue weighted by Gasteiger charge is 2.28. The molecule has 1 N–H and O–H groups in total. The molecule has 1 heterocycles. The number of carbonyl (C=O) groups is 2. The van der Waals surface area contributed by atoms with Crippen LogP contribution in [0.2, 0.25) is 0 Å². The molecule has 3 rings (SSSR count). The summed E-state index contributed by atoms with van der Waals surface area (Å²) in [7, 11) is 0. The van der Waals surface area contributed by atoms with Crippen LogP contribution in [0.3, 0.4) is 0 Å². The summed E-state index contributed by atoms with van der Waals surface area (Å²) in [4.78, 5) is 27.3. The van der Waals surface area contributed by atoms with Gasteiger partial charge in [-0.05, 0) is 67.8 Å². The number of benzene rings is 2. The molecule has 32 heavy (non-hydrogen) atoms. The van der Waals surface area contributed by atoms with E-state index in [1.807, 2.05) is 13.0 Å². The number of amides is 1. The number of aryl methyl sites for hydroxylation is 2. The summed E-state index contributed by atoms with van der Waals surface area (Å²) in [6, 6.07) is 9.90. The number of carboxylic acid groups (broad SMARTS) is 1. The van der Waals surface area contributed by atoms with E-state index >= 15 is 0 Å². The molecule has 2 aromatic rings. The van der Waals surface area contributed by atoms with Crippen LogP contribution in [0.1, 0.15) is 40.1 Å². The molecule has 0 radical (unpaired) electrons. The number of carbonyl (C=O) groups excluding carboxylic acids is 1. The Labute approximate surface area is 187 Å². The highest BCUT2D eigenvalue weighted by molar-refractivity contribution is 5.89. The van der Waals surface area contributed by atoms with Crippen molar-refractivity contribution >= 4 is 11.9 Å². The molecule has 1 saturated heterocycles. The molecule has 7 heteroatoms. The first-order valence-corrected chi connectivity index (χ1v) is 10.6. The lowest BCUT2D eigenvalue weighted by molar-refractivity contribution is -0.130. The Kier molecular flexibility index (Phi) is 7.30. The molecular formula is C25H29FN2O4. The number of hydrogen-bond acceptors (Lipinski definition) is 4. The molecule has 0 aromatic heterocycles. The fourth-order valence-electron chi connectivity index (χ4n) is 4.01. The summed E-state index contributed by atoms with van der Waals surface area (Å²) in [5.74, 6) is -0.859. The lowest BCUT2D eigenvalue weighted by atomic mass is 10.0. The number of ether oxygens (including phenoxy) is 1. The van der Waals surface area contributed by atoms with Crippen molar-refractivity contribution in [1.29, 1.82) is 0 Å². The van der Waals surface area contributed by atoms with Gasteiger partial charge in [-0.2, -0.15) is 0 Å². The molecule has 2 atom stereocenters. The Morgan fingerprint density at radius 1 is 1.22 bits per heavy atom. The smallest absolute Gasteiger partial charge is 0.335 e. The third-order valence-electron chi connectivity index (χ3n) is 5.87. The summed E-state index contributed by atoms with van der Waals surface area (Å²) < 4.78 is 20.6. The zero-order valence-corrected chi connectivity index (χ0v) is 18.7. The second-order valence-corrected chi connectivity index (χ2v) is 8.24. The predicted octanol–water partition coefficient (Wildman–Crippen LogP) is 3.98. The van der Waals surface area contributed by atoms with Crippen LogP contribution >= 0.6 is 0 Å². The van der Waals surface area contributed by atoms with E-state index in [0.29, 0.717) is 48.6 Å². The van der Waals surface area contributed by atoms with Crippen molar-refractivity contribution in [3.63, 3.8) is 0 Å². The average Bonchev–Trinajstić information content (AvgIpc) is 2.74. The van der Waals surface area contributed by atoms with Gasteiger partial charge in [0.25, 0.3) is 0 Å². The minimum atomic E-state index is -0.993. The largest absolute Gasteiger partial charge is 0.484 e. The fourth-order valence-corrected chi connectivity index (χ4v) is 4.01. The highest BCUT2D eigenvalue weighted by Crippen LogP contribution is 2.27. The maximum atomic E-state index is 14.3. The van der Waals surface area contributed by atoms with Crippen LogP contribution in [-0.4, -0.2) is 59.0 Å². The van der Waals surface area contributed by atoms with Gasteiger partial charge in [-0.3, -0.25) is 9.69 Å². The second kappa shape index (κ2) is 9.96. The number of hydrogen-bond donors (Lipinski definition) is 1. The molecule has 6 nitrogen and oxygen atoms in total. The molecule has 2 aromatic carbocycles. The molecule has 0 aliphatic carbocycles. The van der Waals surface area contributed by atoms with E-state index in [0.717, 1.165) is 0 Å². The molecule has 0 saturated carbocycles. The van der Waals surface area contributed by atoms with Gasteiger partial charge >= 0.3 is 5.97 Å². The van der Waals surface area contributed by atoms with Crippen LogP contribution < -0.4 is 4.74 Å². The Bertz CT molecular complexity index is 1020. The predicted molar refractivity (Wildman–Crippen MR) is 120 cm³/mol. The number of nitrogens with zero attached hydrogens (tertiary/aromatic N) is 2. The Balaban J connectivity index is 1.83. The maximum absolute atomic E-state index is 14.3. The van der Waals surface area contributed by atoms with Gasteiger partial charge in [0.1, 0.15) is 17.7 Å². The van der Waals surface area contributed by atoms with Crippen molar-refractivity contribution < 1.29 is 23.8 Å².